The van der Waals surface area contributed by atoms with E-state index in [0.29, 0.717) is 0 Å². The molecule has 0 aromatic carbocycles. The topological polar surface area (TPSA) is 34.1 Å². The molecule has 0 rings (SSSR count). The molecule has 0 heterocycles. The second-order valence-electron chi connectivity index (χ2n) is 2.01. The summed E-state index contributed by atoms with van der Waals surface area (Å²) in [4.78, 5) is 21.3. The molecule has 0 spiro atoms. The van der Waals surface area contributed by atoms with Gasteiger partial charge in [0, 0.05) is 5.92 Å². The molecule has 0 fully saturated rings. The van der Waals surface area contributed by atoms with E-state index in [4.69, 9.17) is 0 Å². The Labute approximate surface area is 59.0 Å². The Morgan fingerprint density at radius 2 is 1.78 bits per heavy atom. The highest BCUT2D eigenvalue weighted by Gasteiger charge is 2.15. The minimum Gasteiger partial charge on any atom is -0.290 e. The largest absolute Gasteiger partial charge is 0.290 e. The molecule has 0 aromatic heterocycles. The van der Waals surface area contributed by atoms with Crippen LogP contribution < -0.4 is 0 Å². The van der Waals surface area contributed by atoms with Crippen LogP contribution in [0.1, 0.15) is 13.8 Å². The van der Waals surface area contributed by atoms with Crippen molar-refractivity contribution in [2.75, 3.05) is 6.26 Å². The number of carbonyl (C=O) groups excluding carboxylic acids is 2. The zero-order valence-electron chi connectivity index (χ0n) is 5.80. The first kappa shape index (κ1) is 8.69. The van der Waals surface area contributed by atoms with E-state index in [-0.39, 0.29) is 16.8 Å². The first-order chi connectivity index (χ1) is 4.09. The molecule has 0 unspecified atom stereocenters. The predicted molar refractivity (Wildman–Crippen MR) is 38.4 cm³/mol. The smallest absolute Gasteiger partial charge is 0.254 e. The van der Waals surface area contributed by atoms with Crippen molar-refractivity contribution >= 4 is 22.7 Å². The lowest BCUT2D eigenvalue weighted by atomic mass is 10.1. The van der Waals surface area contributed by atoms with Crippen molar-refractivity contribution in [3.8, 4) is 0 Å². The molecule has 2 nitrogen and oxygen atoms in total. The van der Waals surface area contributed by atoms with E-state index >= 15 is 0 Å². The zero-order valence-corrected chi connectivity index (χ0v) is 6.62. The highest BCUT2D eigenvalue weighted by molar-refractivity contribution is 8.14. The number of Topliss-reactive ketones (excluding diaryl/α,β-unsaturated/α-hetero) is 1. The Balaban J connectivity index is 3.89. The molecule has 0 aromatic rings. The van der Waals surface area contributed by atoms with E-state index < -0.39 is 0 Å². The summed E-state index contributed by atoms with van der Waals surface area (Å²) in [5.74, 6) is -0.451. The molecule has 9 heavy (non-hydrogen) atoms. The second kappa shape index (κ2) is 3.67. The molecule has 0 aliphatic heterocycles. The minimum absolute atomic E-state index is 0.162. The summed E-state index contributed by atoms with van der Waals surface area (Å²) < 4.78 is 0. The maximum absolute atomic E-state index is 10.7. The number of thioether (sulfide) groups is 1. The van der Waals surface area contributed by atoms with E-state index in [0.717, 1.165) is 11.8 Å². The Bertz CT molecular complexity index is 129. The summed E-state index contributed by atoms with van der Waals surface area (Å²) in [6.07, 6.45) is 1.61. The predicted octanol–water partition coefficient (Wildman–Crippen LogP) is 1.10. The normalized spacial score (nSPS) is 9.78. The zero-order chi connectivity index (χ0) is 7.44. The fraction of sp³-hybridized carbons (Fsp3) is 0.667. The van der Waals surface area contributed by atoms with Crippen molar-refractivity contribution in [3.63, 3.8) is 0 Å². The van der Waals surface area contributed by atoms with Crippen LogP contribution in [0.15, 0.2) is 0 Å². The van der Waals surface area contributed by atoms with E-state index in [9.17, 15) is 9.59 Å². The molecular weight excluding hydrogens is 136 g/mol. The second-order valence-corrected chi connectivity index (χ2v) is 2.79. The Morgan fingerprint density at radius 1 is 1.33 bits per heavy atom. The van der Waals surface area contributed by atoms with E-state index in [1.54, 1.807) is 20.1 Å². The van der Waals surface area contributed by atoms with Gasteiger partial charge in [0.15, 0.2) is 0 Å². The highest BCUT2D eigenvalue weighted by atomic mass is 32.2. The van der Waals surface area contributed by atoms with Crippen molar-refractivity contribution in [2.24, 2.45) is 5.92 Å². The summed E-state index contributed by atoms with van der Waals surface area (Å²) in [5, 5.41) is -0.343. The number of carbonyl (C=O) groups is 2. The van der Waals surface area contributed by atoms with E-state index in [1.807, 2.05) is 0 Å². The van der Waals surface area contributed by atoms with Crippen molar-refractivity contribution in [1.29, 1.82) is 0 Å². The van der Waals surface area contributed by atoms with Gasteiger partial charge in [-0.05, 0) is 6.26 Å². The average Bonchev–Trinajstić information content (AvgIpc) is 1.84. The third kappa shape index (κ3) is 2.65. The molecule has 0 aliphatic carbocycles. The van der Waals surface area contributed by atoms with Crippen LogP contribution in [0.4, 0.5) is 0 Å². The van der Waals surface area contributed by atoms with Gasteiger partial charge in [0.25, 0.3) is 5.12 Å². The lowest BCUT2D eigenvalue weighted by Gasteiger charge is -1.97. The van der Waals surface area contributed by atoms with Gasteiger partial charge in [0.1, 0.15) is 0 Å². The van der Waals surface area contributed by atoms with Crippen molar-refractivity contribution < 1.29 is 9.59 Å². The third-order valence-corrected chi connectivity index (χ3v) is 1.48. The number of hydrogen-bond donors (Lipinski definition) is 0. The molecule has 0 saturated heterocycles. The van der Waals surface area contributed by atoms with E-state index in [1.165, 1.54) is 0 Å². The number of hydrogen-bond acceptors (Lipinski definition) is 3. The SMILES string of the molecule is CSC(=O)C(=O)C(C)C. The van der Waals surface area contributed by atoms with Gasteiger partial charge >= 0.3 is 0 Å². The van der Waals surface area contributed by atoms with Crippen LogP contribution >= 0.6 is 11.8 Å². The Hall–Kier alpha value is -0.310. The molecule has 3 heteroatoms. The fourth-order valence-corrected chi connectivity index (χ4v) is 0.773. The first-order valence-corrected chi connectivity index (χ1v) is 3.94. The lowest BCUT2D eigenvalue weighted by molar-refractivity contribution is -0.133. The lowest BCUT2D eigenvalue weighted by Crippen LogP contribution is -2.15. The summed E-state index contributed by atoms with van der Waals surface area (Å²) in [7, 11) is 0. The van der Waals surface area contributed by atoms with Crippen molar-refractivity contribution in [1.82, 2.24) is 0 Å². The molecule has 52 valence electrons. The molecule has 0 atom stereocenters. The number of ketones is 1. The first-order valence-electron chi connectivity index (χ1n) is 2.71. The van der Waals surface area contributed by atoms with Gasteiger partial charge in [0.05, 0.1) is 0 Å². The summed E-state index contributed by atoms with van der Waals surface area (Å²) in [5.41, 5.74) is 0. The maximum atomic E-state index is 10.7. The highest BCUT2D eigenvalue weighted by Crippen LogP contribution is 2.02. The van der Waals surface area contributed by atoms with Crippen LogP contribution in [0, 0.1) is 5.92 Å². The van der Waals surface area contributed by atoms with Crippen LogP contribution in [0.25, 0.3) is 0 Å². The van der Waals surface area contributed by atoms with Gasteiger partial charge in [-0.2, -0.15) is 0 Å². The molecule has 0 N–H and O–H groups in total. The summed E-state index contributed by atoms with van der Waals surface area (Å²) in [6.45, 7) is 3.44. The van der Waals surface area contributed by atoms with Crippen LogP contribution in [-0.2, 0) is 9.59 Å². The summed E-state index contributed by atoms with van der Waals surface area (Å²) >= 11 is 0.973. The quantitative estimate of drug-likeness (QED) is 0.547. The van der Waals surface area contributed by atoms with Crippen molar-refractivity contribution in [2.45, 2.75) is 13.8 Å². The van der Waals surface area contributed by atoms with Crippen LogP contribution in [0.2, 0.25) is 0 Å². The van der Waals surface area contributed by atoms with E-state index in [2.05, 4.69) is 0 Å². The standard InChI is InChI=1S/C6H10O2S/c1-4(2)5(7)6(8)9-3/h4H,1-3H3. The van der Waals surface area contributed by atoms with Gasteiger partial charge in [-0.25, -0.2) is 0 Å². The molecular formula is C6H10O2S. The van der Waals surface area contributed by atoms with Crippen LogP contribution in [0.3, 0.4) is 0 Å². The molecule has 0 radical (unpaired) electrons. The summed E-state index contributed by atoms with van der Waals surface area (Å²) in [6, 6.07) is 0. The van der Waals surface area contributed by atoms with Gasteiger partial charge in [0.2, 0.25) is 5.78 Å². The van der Waals surface area contributed by atoms with Crippen LogP contribution in [0.5, 0.6) is 0 Å². The Morgan fingerprint density at radius 3 is 1.89 bits per heavy atom. The van der Waals surface area contributed by atoms with Gasteiger partial charge in [-0.15, -0.1) is 0 Å². The van der Waals surface area contributed by atoms with Gasteiger partial charge < -0.3 is 0 Å². The molecule has 0 amide bonds. The molecule has 0 aliphatic rings. The third-order valence-electron chi connectivity index (χ3n) is 0.911. The monoisotopic (exact) mass is 146 g/mol. The van der Waals surface area contributed by atoms with Gasteiger partial charge in [-0.3, -0.25) is 9.59 Å². The number of rotatable bonds is 2. The average molecular weight is 146 g/mol. The minimum atomic E-state index is -0.343. The van der Waals surface area contributed by atoms with Crippen molar-refractivity contribution in [3.05, 3.63) is 0 Å². The fourth-order valence-electron chi connectivity index (χ4n) is 0.336. The Kier molecular flexibility index (Phi) is 3.54. The maximum Gasteiger partial charge on any atom is 0.254 e. The van der Waals surface area contributed by atoms with Crippen LogP contribution in [-0.4, -0.2) is 17.2 Å². The molecule has 0 bridgehead atoms. The van der Waals surface area contributed by atoms with Gasteiger partial charge in [-0.1, -0.05) is 25.6 Å². The molecule has 0 saturated carbocycles.